The van der Waals surface area contributed by atoms with Gasteiger partial charge in [0.1, 0.15) is 0 Å². The van der Waals surface area contributed by atoms with E-state index in [0.717, 1.165) is 5.56 Å². The molecule has 0 saturated heterocycles. The van der Waals surface area contributed by atoms with E-state index in [1.807, 2.05) is 31.2 Å². The molecule has 0 atom stereocenters. The van der Waals surface area contributed by atoms with Gasteiger partial charge in [-0.2, -0.15) is 0 Å². The first-order valence-electron chi connectivity index (χ1n) is 8.59. The van der Waals surface area contributed by atoms with Gasteiger partial charge in [-0.05, 0) is 24.6 Å². The number of carbonyl (C=O) groups is 1. The predicted molar refractivity (Wildman–Crippen MR) is 108 cm³/mol. The van der Waals surface area contributed by atoms with Crippen LogP contribution in [0.4, 0.5) is 5.69 Å². The van der Waals surface area contributed by atoms with Crippen LogP contribution in [0.3, 0.4) is 0 Å². The standard InChI is InChI=1S/C21H25NO6/c1-6-7-14-8-9-16(17(10-14)24-2)28-13-20(23)22-15-11-18(25-3)21(27-5)19(12-15)26-4/h6-12H,13H2,1-5H3,(H,22,23)/b7-6+. The Kier molecular flexibility index (Phi) is 7.56. The van der Waals surface area contributed by atoms with E-state index in [2.05, 4.69) is 5.32 Å². The summed E-state index contributed by atoms with van der Waals surface area (Å²) in [7, 11) is 6.09. The second kappa shape index (κ2) is 10.1. The molecular formula is C21H25NO6. The largest absolute Gasteiger partial charge is 0.493 e. The Balaban J connectivity index is 2.09. The van der Waals surface area contributed by atoms with Gasteiger partial charge in [-0.1, -0.05) is 18.2 Å². The van der Waals surface area contributed by atoms with Crippen LogP contribution in [0.25, 0.3) is 6.08 Å². The fourth-order valence-corrected chi connectivity index (χ4v) is 2.59. The van der Waals surface area contributed by atoms with Crippen LogP contribution in [-0.2, 0) is 4.79 Å². The number of ether oxygens (including phenoxy) is 5. The molecule has 7 nitrogen and oxygen atoms in total. The quantitative estimate of drug-likeness (QED) is 0.706. The smallest absolute Gasteiger partial charge is 0.262 e. The molecule has 28 heavy (non-hydrogen) atoms. The molecule has 0 spiro atoms. The number of hydrogen-bond acceptors (Lipinski definition) is 6. The van der Waals surface area contributed by atoms with Crippen molar-refractivity contribution in [1.82, 2.24) is 0 Å². The van der Waals surface area contributed by atoms with E-state index in [1.165, 1.54) is 21.3 Å². The number of hydrogen-bond donors (Lipinski definition) is 1. The van der Waals surface area contributed by atoms with Crippen molar-refractivity contribution in [3.63, 3.8) is 0 Å². The van der Waals surface area contributed by atoms with Crippen molar-refractivity contribution in [2.45, 2.75) is 6.92 Å². The monoisotopic (exact) mass is 387 g/mol. The van der Waals surface area contributed by atoms with E-state index in [4.69, 9.17) is 23.7 Å². The lowest BCUT2D eigenvalue weighted by atomic mass is 10.2. The molecule has 0 fully saturated rings. The number of amides is 1. The minimum Gasteiger partial charge on any atom is -0.493 e. The SMILES string of the molecule is C/C=C/c1ccc(OCC(=O)Nc2cc(OC)c(OC)c(OC)c2)c(OC)c1. The minimum absolute atomic E-state index is 0.185. The summed E-state index contributed by atoms with van der Waals surface area (Å²) < 4.78 is 26.8. The Morgan fingerprint density at radius 3 is 2.07 bits per heavy atom. The van der Waals surface area contributed by atoms with E-state index in [1.54, 1.807) is 25.3 Å². The van der Waals surface area contributed by atoms with Crippen molar-refractivity contribution >= 4 is 17.7 Å². The second-order valence-electron chi connectivity index (χ2n) is 5.66. The lowest BCUT2D eigenvalue weighted by Gasteiger charge is -2.15. The molecule has 0 unspecified atom stereocenters. The summed E-state index contributed by atoms with van der Waals surface area (Å²) in [6, 6.07) is 8.78. The second-order valence-corrected chi connectivity index (χ2v) is 5.66. The van der Waals surface area contributed by atoms with Crippen molar-refractivity contribution in [2.24, 2.45) is 0 Å². The van der Waals surface area contributed by atoms with Gasteiger partial charge < -0.3 is 29.0 Å². The van der Waals surface area contributed by atoms with Gasteiger partial charge >= 0.3 is 0 Å². The third-order valence-corrected chi connectivity index (χ3v) is 3.85. The van der Waals surface area contributed by atoms with Gasteiger partial charge in [-0.25, -0.2) is 0 Å². The maximum Gasteiger partial charge on any atom is 0.262 e. The molecule has 0 radical (unpaired) electrons. The van der Waals surface area contributed by atoms with E-state index in [-0.39, 0.29) is 12.5 Å². The highest BCUT2D eigenvalue weighted by Crippen LogP contribution is 2.39. The Morgan fingerprint density at radius 2 is 1.54 bits per heavy atom. The molecule has 0 aromatic heterocycles. The van der Waals surface area contributed by atoms with Crippen LogP contribution in [0, 0.1) is 0 Å². The molecule has 0 heterocycles. The van der Waals surface area contributed by atoms with E-state index < -0.39 is 0 Å². The molecule has 7 heteroatoms. The number of allylic oxidation sites excluding steroid dienone is 1. The van der Waals surface area contributed by atoms with Gasteiger partial charge in [0.15, 0.2) is 29.6 Å². The first kappa shape index (κ1) is 21.0. The van der Waals surface area contributed by atoms with Crippen molar-refractivity contribution in [1.29, 1.82) is 0 Å². The van der Waals surface area contributed by atoms with Gasteiger partial charge in [-0.15, -0.1) is 0 Å². The number of anilines is 1. The summed E-state index contributed by atoms with van der Waals surface area (Å²) in [5, 5.41) is 2.75. The van der Waals surface area contributed by atoms with Crippen LogP contribution in [0.15, 0.2) is 36.4 Å². The van der Waals surface area contributed by atoms with E-state index >= 15 is 0 Å². The Bertz CT molecular complexity index is 822. The molecule has 2 aromatic carbocycles. The van der Waals surface area contributed by atoms with Crippen molar-refractivity contribution in [2.75, 3.05) is 40.4 Å². The summed E-state index contributed by atoms with van der Waals surface area (Å²) in [6.07, 6.45) is 3.88. The highest BCUT2D eigenvalue weighted by Gasteiger charge is 2.15. The van der Waals surface area contributed by atoms with Gasteiger partial charge in [0.2, 0.25) is 5.75 Å². The first-order chi connectivity index (χ1) is 13.6. The minimum atomic E-state index is -0.339. The molecule has 0 bridgehead atoms. The van der Waals surface area contributed by atoms with Crippen molar-refractivity contribution in [3.8, 4) is 28.7 Å². The van der Waals surface area contributed by atoms with Crippen LogP contribution in [-0.4, -0.2) is 41.0 Å². The summed E-state index contributed by atoms with van der Waals surface area (Å²) in [4.78, 5) is 12.3. The van der Waals surface area contributed by atoms with Gasteiger partial charge in [-0.3, -0.25) is 4.79 Å². The molecule has 0 aliphatic heterocycles. The molecular weight excluding hydrogens is 362 g/mol. The highest BCUT2D eigenvalue weighted by atomic mass is 16.5. The summed E-state index contributed by atoms with van der Waals surface area (Å²) >= 11 is 0. The molecule has 2 rings (SSSR count). The van der Waals surface area contributed by atoms with Crippen LogP contribution in [0.1, 0.15) is 12.5 Å². The first-order valence-corrected chi connectivity index (χ1v) is 8.59. The molecule has 0 aliphatic rings. The third-order valence-electron chi connectivity index (χ3n) is 3.85. The summed E-state index contributed by atoms with van der Waals surface area (Å²) in [6.45, 7) is 1.75. The molecule has 150 valence electrons. The zero-order chi connectivity index (χ0) is 20.5. The molecule has 1 N–H and O–H groups in total. The summed E-state index contributed by atoms with van der Waals surface area (Å²) in [5.41, 5.74) is 1.48. The van der Waals surface area contributed by atoms with Gasteiger partial charge in [0, 0.05) is 17.8 Å². The fraction of sp³-hybridized carbons (Fsp3) is 0.286. The lowest BCUT2D eigenvalue weighted by Crippen LogP contribution is -2.20. The molecule has 0 aliphatic carbocycles. The maximum absolute atomic E-state index is 12.3. The zero-order valence-corrected chi connectivity index (χ0v) is 16.7. The third kappa shape index (κ3) is 5.09. The number of methoxy groups -OCH3 is 4. The Labute approximate surface area is 164 Å². The number of rotatable bonds is 9. The number of carbonyl (C=O) groups excluding carboxylic acids is 1. The van der Waals surface area contributed by atoms with E-state index in [9.17, 15) is 4.79 Å². The average molecular weight is 387 g/mol. The van der Waals surface area contributed by atoms with Crippen molar-refractivity contribution < 1.29 is 28.5 Å². The highest BCUT2D eigenvalue weighted by molar-refractivity contribution is 5.92. The molecule has 2 aromatic rings. The fourth-order valence-electron chi connectivity index (χ4n) is 2.59. The summed E-state index contributed by atoms with van der Waals surface area (Å²) in [5.74, 6) is 2.03. The number of nitrogens with one attached hydrogen (secondary N) is 1. The normalized spacial score (nSPS) is 10.5. The Hall–Kier alpha value is -3.35. The molecule has 0 saturated carbocycles. The van der Waals surface area contributed by atoms with Crippen LogP contribution in [0.2, 0.25) is 0 Å². The van der Waals surface area contributed by atoms with Crippen LogP contribution >= 0.6 is 0 Å². The van der Waals surface area contributed by atoms with Crippen molar-refractivity contribution in [3.05, 3.63) is 42.0 Å². The average Bonchev–Trinajstić information content (AvgIpc) is 2.71. The van der Waals surface area contributed by atoms with Gasteiger partial charge in [0.25, 0.3) is 5.91 Å². The molecule has 1 amide bonds. The lowest BCUT2D eigenvalue weighted by molar-refractivity contribution is -0.118. The maximum atomic E-state index is 12.3. The van der Waals surface area contributed by atoms with Crippen LogP contribution in [0.5, 0.6) is 28.7 Å². The zero-order valence-electron chi connectivity index (χ0n) is 16.7. The Morgan fingerprint density at radius 1 is 0.893 bits per heavy atom. The predicted octanol–water partition coefficient (Wildman–Crippen LogP) is 3.77. The number of benzene rings is 2. The van der Waals surface area contributed by atoms with Gasteiger partial charge in [0.05, 0.1) is 28.4 Å². The van der Waals surface area contributed by atoms with Crippen LogP contribution < -0.4 is 29.0 Å². The topological polar surface area (TPSA) is 75.3 Å². The van der Waals surface area contributed by atoms with E-state index in [0.29, 0.717) is 34.4 Å².